The number of piperidine rings is 1. The first-order valence-corrected chi connectivity index (χ1v) is 7.95. The van der Waals surface area contributed by atoms with E-state index in [2.05, 4.69) is 27.1 Å². The van der Waals surface area contributed by atoms with Crippen LogP contribution >= 0.6 is 0 Å². The minimum Gasteiger partial charge on any atom is -0.310 e. The summed E-state index contributed by atoms with van der Waals surface area (Å²) in [4.78, 5) is 11.6. The molecule has 4 heteroatoms. The third kappa shape index (κ3) is 3.99. The van der Waals surface area contributed by atoms with Gasteiger partial charge in [-0.05, 0) is 44.0 Å². The highest BCUT2D eigenvalue weighted by Crippen LogP contribution is 2.15. The number of likely N-dealkylation sites (tertiary alicyclic amines) is 1. The van der Waals surface area contributed by atoms with E-state index >= 15 is 0 Å². The fourth-order valence-electron chi connectivity index (χ4n) is 2.82. The molecule has 3 rings (SSSR count). The summed E-state index contributed by atoms with van der Waals surface area (Å²) in [7, 11) is 0. The first-order valence-electron chi connectivity index (χ1n) is 7.95. The zero-order chi connectivity index (χ0) is 14.5. The summed E-state index contributed by atoms with van der Waals surface area (Å²) >= 11 is 0. The molecule has 2 aromatic rings. The maximum Gasteiger partial charge on any atom is 0.0890 e. The molecule has 112 valence electrons. The van der Waals surface area contributed by atoms with Crippen LogP contribution in [-0.4, -0.2) is 41.0 Å². The molecule has 0 amide bonds. The van der Waals surface area contributed by atoms with Crippen LogP contribution in [0, 0.1) is 5.92 Å². The van der Waals surface area contributed by atoms with Gasteiger partial charge in [0.15, 0.2) is 0 Å². The van der Waals surface area contributed by atoms with Crippen LogP contribution < -0.4 is 5.32 Å². The van der Waals surface area contributed by atoms with Crippen molar-refractivity contribution in [1.29, 1.82) is 0 Å². The number of benzene rings is 1. The van der Waals surface area contributed by atoms with Crippen molar-refractivity contribution in [3.8, 4) is 0 Å². The van der Waals surface area contributed by atoms with E-state index in [1.165, 1.54) is 25.9 Å². The molecule has 0 aliphatic carbocycles. The smallest absolute Gasteiger partial charge is 0.0890 e. The number of fused-ring (bicyclic) bond motifs is 1. The van der Waals surface area contributed by atoms with Crippen LogP contribution in [0.5, 0.6) is 0 Å². The molecule has 1 fully saturated rings. The van der Waals surface area contributed by atoms with Crippen LogP contribution in [0.4, 0.5) is 0 Å². The van der Waals surface area contributed by atoms with Gasteiger partial charge in [0.1, 0.15) is 0 Å². The summed E-state index contributed by atoms with van der Waals surface area (Å²) < 4.78 is 0. The normalized spacial score (nSPS) is 17.4. The highest BCUT2D eigenvalue weighted by atomic mass is 15.1. The van der Waals surface area contributed by atoms with Crippen LogP contribution in [-0.2, 0) is 6.54 Å². The van der Waals surface area contributed by atoms with Gasteiger partial charge in [-0.3, -0.25) is 4.98 Å². The van der Waals surface area contributed by atoms with Gasteiger partial charge in [-0.15, -0.1) is 0 Å². The molecule has 21 heavy (non-hydrogen) atoms. The fraction of sp³-hybridized carbons (Fsp3) is 0.529. The van der Waals surface area contributed by atoms with Gasteiger partial charge in [-0.1, -0.05) is 19.1 Å². The van der Waals surface area contributed by atoms with Crippen LogP contribution in [0.3, 0.4) is 0 Å². The highest BCUT2D eigenvalue weighted by molar-refractivity contribution is 5.73. The van der Waals surface area contributed by atoms with Gasteiger partial charge in [0, 0.05) is 19.6 Å². The Hall–Kier alpha value is -1.52. The third-order valence-electron chi connectivity index (χ3n) is 4.29. The Morgan fingerprint density at radius 2 is 1.95 bits per heavy atom. The van der Waals surface area contributed by atoms with Gasteiger partial charge in [-0.25, -0.2) is 4.98 Å². The maximum absolute atomic E-state index is 4.63. The highest BCUT2D eigenvalue weighted by Gasteiger charge is 2.14. The molecule has 0 spiro atoms. The molecule has 0 saturated carbocycles. The average molecular weight is 284 g/mol. The third-order valence-corrected chi connectivity index (χ3v) is 4.29. The Balaban J connectivity index is 1.44. The van der Waals surface area contributed by atoms with Crippen molar-refractivity contribution >= 4 is 11.0 Å². The summed E-state index contributed by atoms with van der Waals surface area (Å²) in [5.74, 6) is 0.905. The van der Waals surface area contributed by atoms with E-state index in [-0.39, 0.29) is 0 Å². The van der Waals surface area contributed by atoms with E-state index in [9.17, 15) is 0 Å². The van der Waals surface area contributed by atoms with E-state index in [4.69, 9.17) is 0 Å². The van der Waals surface area contributed by atoms with Crippen molar-refractivity contribution in [2.24, 2.45) is 5.92 Å². The molecule has 1 aromatic carbocycles. The molecule has 1 aromatic heterocycles. The SMILES string of the molecule is CC1CCN(CCNCc2cnc3ccccc3n2)CC1. The number of hydrogen-bond donors (Lipinski definition) is 1. The molecule has 0 atom stereocenters. The van der Waals surface area contributed by atoms with Crippen molar-refractivity contribution in [2.75, 3.05) is 26.2 Å². The van der Waals surface area contributed by atoms with Crippen molar-refractivity contribution in [1.82, 2.24) is 20.2 Å². The number of hydrogen-bond acceptors (Lipinski definition) is 4. The van der Waals surface area contributed by atoms with E-state index < -0.39 is 0 Å². The second-order valence-corrected chi connectivity index (χ2v) is 6.05. The minimum atomic E-state index is 0.794. The summed E-state index contributed by atoms with van der Waals surface area (Å²) in [6.45, 7) is 7.80. The van der Waals surface area contributed by atoms with Crippen molar-refractivity contribution < 1.29 is 0 Å². The largest absolute Gasteiger partial charge is 0.310 e. The predicted octanol–water partition coefficient (Wildman–Crippen LogP) is 2.45. The van der Waals surface area contributed by atoms with Crippen LogP contribution in [0.25, 0.3) is 11.0 Å². The molecule has 0 unspecified atom stereocenters. The minimum absolute atomic E-state index is 0.794. The van der Waals surface area contributed by atoms with Crippen LogP contribution in [0.1, 0.15) is 25.5 Å². The molecule has 1 aliphatic rings. The molecule has 2 heterocycles. The Morgan fingerprint density at radius 1 is 1.19 bits per heavy atom. The summed E-state index contributed by atoms with van der Waals surface area (Å²) in [5, 5.41) is 3.48. The molecule has 1 saturated heterocycles. The van der Waals surface area contributed by atoms with Gasteiger partial charge < -0.3 is 10.2 Å². The molecule has 0 radical (unpaired) electrons. The van der Waals surface area contributed by atoms with E-state index in [0.717, 1.165) is 42.3 Å². The zero-order valence-electron chi connectivity index (χ0n) is 12.8. The average Bonchev–Trinajstić information content (AvgIpc) is 2.53. The Kier molecular flexibility index (Phi) is 4.78. The predicted molar refractivity (Wildman–Crippen MR) is 86.1 cm³/mol. The summed E-state index contributed by atoms with van der Waals surface area (Å²) in [6.07, 6.45) is 4.56. The number of para-hydroxylation sites is 2. The van der Waals surface area contributed by atoms with Crippen molar-refractivity contribution in [3.05, 3.63) is 36.2 Å². The Bertz CT molecular complexity index is 576. The molecular weight excluding hydrogens is 260 g/mol. The molecule has 4 nitrogen and oxygen atoms in total. The Morgan fingerprint density at radius 3 is 2.76 bits per heavy atom. The number of nitrogens with zero attached hydrogens (tertiary/aromatic N) is 3. The van der Waals surface area contributed by atoms with Gasteiger partial charge in [0.25, 0.3) is 0 Å². The molecular formula is C17H24N4. The Labute approximate surface area is 126 Å². The lowest BCUT2D eigenvalue weighted by Gasteiger charge is -2.30. The van der Waals surface area contributed by atoms with Crippen LogP contribution in [0.15, 0.2) is 30.5 Å². The standard InChI is InChI=1S/C17H24N4/c1-14-6-9-21(10-7-14)11-8-18-12-15-13-19-16-4-2-3-5-17(16)20-15/h2-5,13-14,18H,6-12H2,1H3. The van der Waals surface area contributed by atoms with Gasteiger partial charge >= 0.3 is 0 Å². The quantitative estimate of drug-likeness (QED) is 0.856. The topological polar surface area (TPSA) is 41.0 Å². The fourth-order valence-corrected chi connectivity index (χ4v) is 2.82. The first kappa shape index (κ1) is 14.4. The number of aromatic nitrogens is 2. The van der Waals surface area contributed by atoms with Gasteiger partial charge in [0.2, 0.25) is 0 Å². The lowest BCUT2D eigenvalue weighted by atomic mass is 9.99. The van der Waals surface area contributed by atoms with Gasteiger partial charge in [-0.2, -0.15) is 0 Å². The lowest BCUT2D eigenvalue weighted by molar-refractivity contribution is 0.193. The molecule has 0 bridgehead atoms. The lowest BCUT2D eigenvalue weighted by Crippen LogP contribution is -2.37. The first-order chi connectivity index (χ1) is 10.3. The zero-order valence-corrected chi connectivity index (χ0v) is 12.8. The maximum atomic E-state index is 4.63. The van der Waals surface area contributed by atoms with E-state index in [1.54, 1.807) is 0 Å². The van der Waals surface area contributed by atoms with E-state index in [0.29, 0.717) is 0 Å². The summed E-state index contributed by atoms with van der Waals surface area (Å²) in [6, 6.07) is 8.01. The number of nitrogens with one attached hydrogen (secondary N) is 1. The summed E-state index contributed by atoms with van der Waals surface area (Å²) in [5.41, 5.74) is 2.95. The molecule has 1 N–H and O–H groups in total. The second kappa shape index (κ2) is 6.96. The van der Waals surface area contributed by atoms with Gasteiger partial charge in [0.05, 0.1) is 22.9 Å². The van der Waals surface area contributed by atoms with Crippen molar-refractivity contribution in [3.63, 3.8) is 0 Å². The van der Waals surface area contributed by atoms with Crippen LogP contribution in [0.2, 0.25) is 0 Å². The molecule has 1 aliphatic heterocycles. The monoisotopic (exact) mass is 284 g/mol. The van der Waals surface area contributed by atoms with E-state index in [1.807, 2.05) is 30.5 Å². The number of rotatable bonds is 5. The second-order valence-electron chi connectivity index (χ2n) is 6.05. The van der Waals surface area contributed by atoms with Crippen molar-refractivity contribution in [2.45, 2.75) is 26.3 Å².